The van der Waals surface area contributed by atoms with Gasteiger partial charge >= 0.3 is 0 Å². The van der Waals surface area contributed by atoms with Gasteiger partial charge in [-0.3, -0.25) is 9.59 Å². The van der Waals surface area contributed by atoms with Crippen molar-refractivity contribution >= 4 is 16.7 Å². The van der Waals surface area contributed by atoms with Crippen LogP contribution in [-0.4, -0.2) is 15.5 Å². The van der Waals surface area contributed by atoms with E-state index in [1.54, 1.807) is 55.6 Å². The monoisotopic (exact) mass is 293 g/mol. The first-order valence-electron chi connectivity index (χ1n) is 6.97. The zero-order valence-electron chi connectivity index (χ0n) is 12.1. The first kappa shape index (κ1) is 14.1. The summed E-state index contributed by atoms with van der Waals surface area (Å²) in [6, 6.07) is 15.8. The molecule has 1 aromatic heterocycles. The van der Waals surface area contributed by atoms with E-state index < -0.39 is 0 Å². The third kappa shape index (κ3) is 2.29. The number of fused-ring (bicyclic) bond motifs is 1. The maximum absolute atomic E-state index is 12.4. The Morgan fingerprint density at radius 2 is 1.68 bits per heavy atom. The van der Waals surface area contributed by atoms with Crippen molar-refractivity contribution in [3.05, 3.63) is 76.1 Å². The average Bonchev–Trinajstić information content (AvgIpc) is 2.57. The van der Waals surface area contributed by atoms with Crippen LogP contribution < -0.4 is 5.56 Å². The molecule has 3 rings (SSSR count). The number of aromatic hydroxyl groups is 1. The third-order valence-corrected chi connectivity index (χ3v) is 3.80. The van der Waals surface area contributed by atoms with Gasteiger partial charge in [0.15, 0.2) is 5.78 Å². The standard InChI is InChI=1S/C18H15NO3/c1-19-15-10-6-5-9-13(15)17(21)14(18(19)22)11-16(20)12-7-3-2-4-8-12/h2-10,21H,11H2,1H3. The largest absolute Gasteiger partial charge is 0.507 e. The van der Waals surface area contributed by atoms with E-state index in [0.717, 1.165) is 0 Å². The highest BCUT2D eigenvalue weighted by atomic mass is 16.3. The highest BCUT2D eigenvalue weighted by Gasteiger charge is 2.17. The normalized spacial score (nSPS) is 10.8. The Balaban J connectivity index is 2.12. The summed E-state index contributed by atoms with van der Waals surface area (Å²) in [4.78, 5) is 24.7. The van der Waals surface area contributed by atoms with E-state index in [0.29, 0.717) is 16.5 Å². The first-order valence-corrected chi connectivity index (χ1v) is 6.97. The number of pyridine rings is 1. The summed E-state index contributed by atoms with van der Waals surface area (Å²) < 4.78 is 1.46. The van der Waals surface area contributed by atoms with Gasteiger partial charge in [0, 0.05) is 24.4 Å². The molecule has 0 fully saturated rings. The van der Waals surface area contributed by atoms with Crippen LogP contribution in [0.3, 0.4) is 0 Å². The molecule has 0 aliphatic heterocycles. The number of Topliss-reactive ketones (excluding diaryl/α,β-unsaturated/α-hetero) is 1. The van der Waals surface area contributed by atoms with Gasteiger partial charge in [-0.2, -0.15) is 0 Å². The van der Waals surface area contributed by atoms with Gasteiger partial charge in [-0.15, -0.1) is 0 Å². The highest BCUT2D eigenvalue weighted by molar-refractivity contribution is 5.98. The van der Waals surface area contributed by atoms with Gasteiger partial charge in [-0.25, -0.2) is 0 Å². The zero-order chi connectivity index (χ0) is 15.7. The van der Waals surface area contributed by atoms with E-state index in [1.807, 2.05) is 6.07 Å². The summed E-state index contributed by atoms with van der Waals surface area (Å²) in [5.74, 6) is -0.300. The summed E-state index contributed by atoms with van der Waals surface area (Å²) in [6.45, 7) is 0. The van der Waals surface area contributed by atoms with Crippen LogP contribution in [0.5, 0.6) is 5.75 Å². The molecule has 0 radical (unpaired) electrons. The van der Waals surface area contributed by atoms with Crippen molar-refractivity contribution in [2.75, 3.05) is 0 Å². The van der Waals surface area contributed by atoms with E-state index in [4.69, 9.17) is 0 Å². The van der Waals surface area contributed by atoms with Crippen molar-refractivity contribution in [1.29, 1.82) is 0 Å². The summed E-state index contributed by atoms with van der Waals surface area (Å²) >= 11 is 0. The summed E-state index contributed by atoms with van der Waals surface area (Å²) in [7, 11) is 1.64. The predicted molar refractivity (Wildman–Crippen MR) is 85.3 cm³/mol. The number of hydrogen-bond donors (Lipinski definition) is 1. The van der Waals surface area contributed by atoms with Crippen LogP contribution in [0.2, 0.25) is 0 Å². The van der Waals surface area contributed by atoms with Crippen molar-refractivity contribution in [3.8, 4) is 5.75 Å². The molecule has 4 nitrogen and oxygen atoms in total. The fraction of sp³-hybridized carbons (Fsp3) is 0.111. The van der Waals surface area contributed by atoms with E-state index in [-0.39, 0.29) is 29.1 Å². The number of carbonyl (C=O) groups is 1. The Hall–Kier alpha value is -2.88. The number of hydrogen-bond acceptors (Lipinski definition) is 3. The Labute approximate surface area is 127 Å². The Morgan fingerprint density at radius 3 is 2.41 bits per heavy atom. The van der Waals surface area contributed by atoms with Crippen molar-refractivity contribution in [2.45, 2.75) is 6.42 Å². The summed E-state index contributed by atoms with van der Waals surface area (Å²) in [5.41, 5.74) is 0.952. The van der Waals surface area contributed by atoms with Crippen LogP contribution in [0.4, 0.5) is 0 Å². The summed E-state index contributed by atoms with van der Waals surface area (Å²) in [6.07, 6.45) is -0.118. The van der Waals surface area contributed by atoms with Crippen molar-refractivity contribution < 1.29 is 9.90 Å². The van der Waals surface area contributed by atoms with Crippen molar-refractivity contribution in [1.82, 2.24) is 4.57 Å². The molecule has 3 aromatic rings. The van der Waals surface area contributed by atoms with Gasteiger partial charge in [0.1, 0.15) is 5.75 Å². The second-order valence-electron chi connectivity index (χ2n) is 5.17. The molecule has 110 valence electrons. The number of aryl methyl sites for hydroxylation is 1. The fourth-order valence-corrected chi connectivity index (χ4v) is 2.59. The van der Waals surface area contributed by atoms with Gasteiger partial charge in [0.25, 0.3) is 5.56 Å². The average molecular weight is 293 g/mol. The molecule has 0 bridgehead atoms. The highest BCUT2D eigenvalue weighted by Crippen LogP contribution is 2.26. The van der Waals surface area contributed by atoms with Crippen LogP contribution in [0.15, 0.2) is 59.4 Å². The molecule has 0 amide bonds. The lowest BCUT2D eigenvalue weighted by Crippen LogP contribution is -2.23. The maximum atomic E-state index is 12.4. The Bertz CT molecular complexity index is 911. The second kappa shape index (κ2) is 5.48. The summed E-state index contributed by atoms with van der Waals surface area (Å²) in [5, 5.41) is 11.0. The van der Waals surface area contributed by atoms with Gasteiger partial charge in [-0.1, -0.05) is 42.5 Å². The van der Waals surface area contributed by atoms with Crippen LogP contribution in [-0.2, 0) is 13.5 Å². The quantitative estimate of drug-likeness (QED) is 0.755. The van der Waals surface area contributed by atoms with E-state index >= 15 is 0 Å². The minimum atomic E-state index is -0.347. The minimum Gasteiger partial charge on any atom is -0.507 e. The smallest absolute Gasteiger partial charge is 0.258 e. The van der Waals surface area contributed by atoms with E-state index in [2.05, 4.69) is 0 Å². The topological polar surface area (TPSA) is 59.3 Å². The van der Waals surface area contributed by atoms with Gasteiger partial charge < -0.3 is 9.67 Å². The zero-order valence-corrected chi connectivity index (χ0v) is 12.1. The van der Waals surface area contributed by atoms with Crippen LogP contribution in [0.1, 0.15) is 15.9 Å². The lowest BCUT2D eigenvalue weighted by atomic mass is 10.0. The molecule has 1 N–H and O–H groups in total. The molecular weight excluding hydrogens is 278 g/mol. The number of rotatable bonds is 3. The SMILES string of the molecule is Cn1c(=O)c(CC(=O)c2ccccc2)c(O)c2ccccc21. The molecule has 4 heteroatoms. The molecule has 0 unspecified atom stereocenters. The number of benzene rings is 2. The molecule has 0 spiro atoms. The van der Waals surface area contributed by atoms with Crippen molar-refractivity contribution in [3.63, 3.8) is 0 Å². The van der Waals surface area contributed by atoms with Gasteiger partial charge in [-0.05, 0) is 12.1 Å². The molecule has 0 aliphatic carbocycles. The third-order valence-electron chi connectivity index (χ3n) is 3.80. The van der Waals surface area contributed by atoms with E-state index in [9.17, 15) is 14.7 Å². The molecule has 0 saturated carbocycles. The van der Waals surface area contributed by atoms with E-state index in [1.165, 1.54) is 4.57 Å². The first-order chi connectivity index (χ1) is 10.6. The van der Waals surface area contributed by atoms with Gasteiger partial charge in [0.05, 0.1) is 11.1 Å². The number of ketones is 1. The molecule has 0 atom stereocenters. The van der Waals surface area contributed by atoms with Crippen LogP contribution in [0, 0.1) is 0 Å². The molecule has 2 aromatic carbocycles. The number of aromatic nitrogens is 1. The fourth-order valence-electron chi connectivity index (χ4n) is 2.59. The number of nitrogens with zero attached hydrogens (tertiary/aromatic N) is 1. The number of para-hydroxylation sites is 1. The molecule has 0 aliphatic rings. The Morgan fingerprint density at radius 1 is 1.05 bits per heavy atom. The molecular formula is C18H15NO3. The Kier molecular flexibility index (Phi) is 3.51. The molecule has 22 heavy (non-hydrogen) atoms. The second-order valence-corrected chi connectivity index (χ2v) is 5.17. The molecule has 1 heterocycles. The number of carbonyl (C=O) groups excluding carboxylic acids is 1. The van der Waals surface area contributed by atoms with Crippen LogP contribution >= 0.6 is 0 Å². The predicted octanol–water partition coefficient (Wildman–Crippen LogP) is 2.67. The van der Waals surface area contributed by atoms with Crippen LogP contribution in [0.25, 0.3) is 10.9 Å². The minimum absolute atomic E-state index is 0.108. The van der Waals surface area contributed by atoms with Crippen molar-refractivity contribution in [2.24, 2.45) is 7.05 Å². The lowest BCUT2D eigenvalue weighted by Gasteiger charge is -2.11. The maximum Gasteiger partial charge on any atom is 0.258 e. The van der Waals surface area contributed by atoms with Gasteiger partial charge in [0.2, 0.25) is 0 Å². The lowest BCUT2D eigenvalue weighted by molar-refractivity contribution is 0.0991. The molecule has 0 saturated heterocycles.